The van der Waals surface area contributed by atoms with Crippen molar-refractivity contribution in [3.8, 4) is 11.3 Å². The molecule has 26 heavy (non-hydrogen) atoms. The molecule has 7 heteroatoms. The van der Waals surface area contributed by atoms with Gasteiger partial charge in [0.05, 0.1) is 6.54 Å². The number of nitrogens with zero attached hydrogens (tertiary/aromatic N) is 1. The third-order valence-corrected chi connectivity index (χ3v) is 4.47. The number of carbonyl (C=O) groups is 2. The smallest absolute Gasteiger partial charge is 0.273 e. The standard InChI is InChI=1S/C19H19N3O3S/c1-13(9-14-7-8-26-12-14)21-18(23)11-20-19(24)16-10-17(25-22-16)15-5-3-2-4-6-15/h2-8,10,12-13H,9,11H2,1H3,(H,20,24)(H,21,23). The molecule has 2 amide bonds. The van der Waals surface area contributed by atoms with Crippen molar-refractivity contribution in [3.63, 3.8) is 0 Å². The largest absolute Gasteiger partial charge is 0.355 e. The molecule has 1 unspecified atom stereocenters. The molecule has 2 heterocycles. The predicted molar refractivity (Wildman–Crippen MR) is 99.9 cm³/mol. The topological polar surface area (TPSA) is 84.2 Å². The Labute approximate surface area is 155 Å². The summed E-state index contributed by atoms with van der Waals surface area (Å²) in [7, 11) is 0. The highest BCUT2D eigenvalue weighted by Crippen LogP contribution is 2.19. The molecule has 3 aromatic rings. The molecule has 0 fully saturated rings. The zero-order valence-corrected chi connectivity index (χ0v) is 15.1. The van der Waals surface area contributed by atoms with E-state index in [1.54, 1.807) is 17.4 Å². The van der Waals surface area contributed by atoms with E-state index in [0.717, 1.165) is 12.0 Å². The van der Waals surface area contributed by atoms with E-state index >= 15 is 0 Å². The highest BCUT2D eigenvalue weighted by molar-refractivity contribution is 7.07. The Morgan fingerprint density at radius 2 is 2.04 bits per heavy atom. The second-order valence-electron chi connectivity index (χ2n) is 5.93. The molecule has 2 N–H and O–H groups in total. The number of rotatable bonds is 7. The van der Waals surface area contributed by atoms with Gasteiger partial charge in [-0.3, -0.25) is 9.59 Å². The van der Waals surface area contributed by atoms with Crippen LogP contribution in [0, 0.1) is 0 Å². The first kappa shape index (κ1) is 17.9. The van der Waals surface area contributed by atoms with Gasteiger partial charge in [-0.2, -0.15) is 11.3 Å². The van der Waals surface area contributed by atoms with Gasteiger partial charge in [0.1, 0.15) is 0 Å². The molecular formula is C19H19N3O3S. The fraction of sp³-hybridized carbons (Fsp3) is 0.211. The molecule has 0 aliphatic carbocycles. The summed E-state index contributed by atoms with van der Waals surface area (Å²) in [6.07, 6.45) is 0.757. The minimum Gasteiger partial charge on any atom is -0.355 e. The van der Waals surface area contributed by atoms with Crippen molar-refractivity contribution in [3.05, 3.63) is 64.5 Å². The second kappa shape index (κ2) is 8.44. The fourth-order valence-corrected chi connectivity index (χ4v) is 3.19. The number of nitrogens with one attached hydrogen (secondary N) is 2. The van der Waals surface area contributed by atoms with Gasteiger partial charge >= 0.3 is 0 Å². The third-order valence-electron chi connectivity index (χ3n) is 3.74. The van der Waals surface area contributed by atoms with Gasteiger partial charge in [0, 0.05) is 17.7 Å². The zero-order valence-electron chi connectivity index (χ0n) is 14.3. The van der Waals surface area contributed by atoms with Crippen LogP contribution >= 0.6 is 11.3 Å². The Bertz CT molecular complexity index is 859. The van der Waals surface area contributed by atoms with Gasteiger partial charge in [0.15, 0.2) is 11.5 Å². The Hall–Kier alpha value is -2.93. The summed E-state index contributed by atoms with van der Waals surface area (Å²) in [6.45, 7) is 1.82. The van der Waals surface area contributed by atoms with Crippen molar-refractivity contribution in [2.24, 2.45) is 0 Å². The summed E-state index contributed by atoms with van der Waals surface area (Å²) in [5, 5.41) is 13.2. The van der Waals surface area contributed by atoms with Crippen molar-refractivity contribution in [1.82, 2.24) is 15.8 Å². The van der Waals surface area contributed by atoms with Gasteiger partial charge < -0.3 is 15.2 Å². The van der Waals surface area contributed by atoms with Crippen molar-refractivity contribution < 1.29 is 14.1 Å². The highest BCUT2D eigenvalue weighted by Gasteiger charge is 2.15. The average Bonchev–Trinajstić information content (AvgIpc) is 3.32. The lowest BCUT2D eigenvalue weighted by Crippen LogP contribution is -2.41. The van der Waals surface area contributed by atoms with Crippen LogP contribution in [0.3, 0.4) is 0 Å². The Balaban J connectivity index is 1.48. The lowest BCUT2D eigenvalue weighted by molar-refractivity contribution is -0.120. The minimum absolute atomic E-state index is 0.00858. The Morgan fingerprint density at radius 3 is 2.77 bits per heavy atom. The molecule has 0 radical (unpaired) electrons. The predicted octanol–water partition coefficient (Wildman–Crippen LogP) is 2.88. The molecule has 3 rings (SSSR count). The molecule has 0 bridgehead atoms. The van der Waals surface area contributed by atoms with Gasteiger partial charge in [-0.05, 0) is 35.7 Å². The van der Waals surface area contributed by atoms with Gasteiger partial charge in [0.25, 0.3) is 5.91 Å². The van der Waals surface area contributed by atoms with Crippen molar-refractivity contribution >= 4 is 23.2 Å². The molecule has 2 aromatic heterocycles. The van der Waals surface area contributed by atoms with E-state index in [1.165, 1.54) is 5.56 Å². The van der Waals surface area contributed by atoms with Gasteiger partial charge in [-0.25, -0.2) is 0 Å². The molecule has 0 spiro atoms. The van der Waals surface area contributed by atoms with E-state index in [2.05, 4.69) is 21.2 Å². The molecule has 0 aliphatic rings. The first-order valence-corrected chi connectivity index (χ1v) is 9.17. The summed E-state index contributed by atoms with van der Waals surface area (Å²) in [5.74, 6) is -0.186. The SMILES string of the molecule is CC(Cc1ccsc1)NC(=O)CNC(=O)c1cc(-c2ccccc2)on1. The van der Waals surface area contributed by atoms with Gasteiger partial charge in [-0.15, -0.1) is 0 Å². The number of carbonyl (C=O) groups excluding carboxylic acids is 2. The molecular weight excluding hydrogens is 350 g/mol. The average molecular weight is 369 g/mol. The van der Waals surface area contributed by atoms with Crippen molar-refractivity contribution in [2.45, 2.75) is 19.4 Å². The monoisotopic (exact) mass is 369 g/mol. The Kier molecular flexibility index (Phi) is 5.80. The second-order valence-corrected chi connectivity index (χ2v) is 6.71. The fourth-order valence-electron chi connectivity index (χ4n) is 2.51. The van der Waals surface area contributed by atoms with Gasteiger partial charge in [-0.1, -0.05) is 35.5 Å². The highest BCUT2D eigenvalue weighted by atomic mass is 32.1. The summed E-state index contributed by atoms with van der Waals surface area (Å²) in [5.41, 5.74) is 2.16. The minimum atomic E-state index is -0.448. The van der Waals surface area contributed by atoms with Crippen LogP contribution in [0.15, 0.2) is 57.7 Å². The number of hydrogen-bond acceptors (Lipinski definition) is 5. The molecule has 134 valence electrons. The first-order chi connectivity index (χ1) is 12.6. The zero-order chi connectivity index (χ0) is 18.4. The van der Waals surface area contributed by atoms with Crippen LogP contribution in [-0.4, -0.2) is 29.6 Å². The molecule has 1 aromatic carbocycles. The van der Waals surface area contributed by atoms with Crippen LogP contribution in [0.4, 0.5) is 0 Å². The lowest BCUT2D eigenvalue weighted by atomic mass is 10.1. The molecule has 0 saturated heterocycles. The third kappa shape index (κ3) is 4.80. The van der Waals surface area contributed by atoms with Crippen LogP contribution in [0.5, 0.6) is 0 Å². The summed E-state index contributed by atoms with van der Waals surface area (Å²) < 4.78 is 5.19. The van der Waals surface area contributed by atoms with Crippen LogP contribution in [0.2, 0.25) is 0 Å². The van der Waals surface area contributed by atoms with E-state index in [9.17, 15) is 9.59 Å². The maximum absolute atomic E-state index is 12.1. The lowest BCUT2D eigenvalue weighted by Gasteiger charge is -2.13. The van der Waals surface area contributed by atoms with E-state index < -0.39 is 5.91 Å². The molecule has 0 saturated carbocycles. The van der Waals surface area contributed by atoms with Crippen LogP contribution in [0.25, 0.3) is 11.3 Å². The number of amides is 2. The summed E-state index contributed by atoms with van der Waals surface area (Å²) in [6, 6.07) is 13.0. The normalized spacial score (nSPS) is 11.7. The van der Waals surface area contributed by atoms with Crippen LogP contribution in [0.1, 0.15) is 23.0 Å². The van der Waals surface area contributed by atoms with E-state index in [1.807, 2.05) is 48.7 Å². The van der Waals surface area contributed by atoms with E-state index in [0.29, 0.717) is 5.76 Å². The number of hydrogen-bond donors (Lipinski definition) is 2. The van der Waals surface area contributed by atoms with E-state index in [-0.39, 0.29) is 24.2 Å². The van der Waals surface area contributed by atoms with Gasteiger partial charge in [0.2, 0.25) is 5.91 Å². The molecule has 1 atom stereocenters. The van der Waals surface area contributed by atoms with Crippen molar-refractivity contribution in [1.29, 1.82) is 0 Å². The number of aromatic nitrogens is 1. The van der Waals surface area contributed by atoms with Crippen LogP contribution < -0.4 is 10.6 Å². The molecule has 6 nitrogen and oxygen atoms in total. The maximum atomic E-state index is 12.1. The number of benzene rings is 1. The summed E-state index contributed by atoms with van der Waals surface area (Å²) >= 11 is 1.63. The maximum Gasteiger partial charge on any atom is 0.273 e. The molecule has 0 aliphatic heterocycles. The van der Waals surface area contributed by atoms with Crippen molar-refractivity contribution in [2.75, 3.05) is 6.54 Å². The first-order valence-electron chi connectivity index (χ1n) is 8.22. The number of thiophene rings is 1. The van der Waals surface area contributed by atoms with Crippen LogP contribution in [-0.2, 0) is 11.2 Å². The Morgan fingerprint density at radius 1 is 1.23 bits per heavy atom. The quantitative estimate of drug-likeness (QED) is 0.671. The summed E-state index contributed by atoms with van der Waals surface area (Å²) in [4.78, 5) is 24.1. The van der Waals surface area contributed by atoms with E-state index in [4.69, 9.17) is 4.52 Å².